The summed E-state index contributed by atoms with van der Waals surface area (Å²) < 4.78 is 33.2. The highest BCUT2D eigenvalue weighted by atomic mass is 35.5. The van der Waals surface area contributed by atoms with Gasteiger partial charge in [-0.05, 0) is 56.4 Å². The van der Waals surface area contributed by atoms with Crippen molar-refractivity contribution in [3.8, 4) is 0 Å². The molecule has 190 valence electrons. The van der Waals surface area contributed by atoms with Gasteiger partial charge in [0.1, 0.15) is 5.52 Å². The van der Waals surface area contributed by atoms with Gasteiger partial charge in [-0.15, -0.1) is 0 Å². The number of nitrogens with zero attached hydrogens (tertiary/aromatic N) is 2. The largest absolute Gasteiger partial charge is 0.440 e. The first-order valence-corrected chi connectivity index (χ1v) is 12.5. The molecule has 1 N–H and O–H groups in total. The van der Waals surface area contributed by atoms with Crippen molar-refractivity contribution in [2.24, 2.45) is 5.41 Å². The van der Waals surface area contributed by atoms with E-state index in [2.05, 4.69) is 10.3 Å². The van der Waals surface area contributed by atoms with Gasteiger partial charge in [-0.25, -0.2) is 13.8 Å². The zero-order valence-electron chi connectivity index (χ0n) is 20.5. The Bertz CT molecular complexity index is 1360. The van der Waals surface area contributed by atoms with Crippen molar-refractivity contribution in [2.75, 3.05) is 11.4 Å². The highest BCUT2D eigenvalue weighted by molar-refractivity contribution is 6.34. The van der Waals surface area contributed by atoms with Gasteiger partial charge >= 0.3 is 0 Å². The normalized spacial score (nSPS) is 22.6. The molecule has 1 saturated carbocycles. The predicted molar refractivity (Wildman–Crippen MR) is 133 cm³/mol. The van der Waals surface area contributed by atoms with Crippen LogP contribution in [-0.2, 0) is 10.2 Å². The second-order valence-corrected chi connectivity index (χ2v) is 11.3. The Morgan fingerprint density at radius 2 is 1.83 bits per heavy atom. The number of oxazole rings is 1. The number of benzene rings is 2. The first-order chi connectivity index (χ1) is 17.0. The number of amides is 2. The Morgan fingerprint density at radius 1 is 1.14 bits per heavy atom. The molecule has 1 spiro atoms. The van der Waals surface area contributed by atoms with Gasteiger partial charge < -0.3 is 14.6 Å². The van der Waals surface area contributed by atoms with E-state index < -0.39 is 17.0 Å². The molecule has 2 amide bonds. The summed E-state index contributed by atoms with van der Waals surface area (Å²) in [5, 5.41) is 3.10. The summed E-state index contributed by atoms with van der Waals surface area (Å²) in [5.74, 6) is -1.77. The van der Waals surface area contributed by atoms with Gasteiger partial charge in [0.2, 0.25) is 11.8 Å². The third kappa shape index (κ3) is 4.36. The summed E-state index contributed by atoms with van der Waals surface area (Å²) in [6.45, 7) is 6.44. The van der Waals surface area contributed by atoms with Crippen LogP contribution in [-0.4, -0.2) is 29.4 Å². The average molecular weight is 516 g/mol. The van der Waals surface area contributed by atoms with Crippen molar-refractivity contribution in [1.82, 2.24) is 10.3 Å². The molecule has 2 aliphatic rings. The smallest absolute Gasteiger partial charge is 0.251 e. The van der Waals surface area contributed by atoms with Gasteiger partial charge in [-0.2, -0.15) is 0 Å². The maximum absolute atomic E-state index is 13.8. The number of aromatic nitrogens is 1. The number of fused-ring (bicyclic) bond motifs is 1. The predicted octanol–water partition coefficient (Wildman–Crippen LogP) is 6.15. The molecule has 1 aliphatic carbocycles. The lowest BCUT2D eigenvalue weighted by molar-refractivity contribution is -0.127. The molecular formula is C27H28ClF2N3O3. The monoisotopic (exact) mass is 515 g/mol. The van der Waals surface area contributed by atoms with Crippen molar-refractivity contribution in [1.29, 1.82) is 0 Å². The Kier molecular flexibility index (Phi) is 6.06. The van der Waals surface area contributed by atoms with Crippen LogP contribution >= 0.6 is 11.6 Å². The third-order valence-electron chi connectivity index (χ3n) is 7.36. The number of hydrogen-bond donors (Lipinski definition) is 1. The molecule has 3 aromatic rings. The molecule has 1 saturated heterocycles. The molecular weight excluding hydrogens is 488 g/mol. The van der Waals surface area contributed by atoms with E-state index in [0.29, 0.717) is 61.2 Å². The fraction of sp³-hybridized carbons (Fsp3) is 0.444. The van der Waals surface area contributed by atoms with E-state index in [1.54, 1.807) is 18.2 Å². The maximum Gasteiger partial charge on any atom is 0.251 e. The highest BCUT2D eigenvalue weighted by Crippen LogP contribution is 2.47. The van der Waals surface area contributed by atoms with Crippen LogP contribution in [0.4, 0.5) is 14.5 Å². The summed E-state index contributed by atoms with van der Waals surface area (Å²) in [6, 6.07) is 7.05. The van der Waals surface area contributed by atoms with E-state index in [4.69, 9.17) is 16.0 Å². The molecule has 0 bridgehead atoms. The number of anilines is 1. The number of carbonyl (C=O) groups excluding carboxylic acids is 2. The van der Waals surface area contributed by atoms with Crippen molar-refractivity contribution < 1.29 is 22.8 Å². The molecule has 1 aromatic heterocycles. The Labute approximate surface area is 213 Å². The number of nitrogens with one attached hydrogen (secondary N) is 1. The van der Waals surface area contributed by atoms with Crippen LogP contribution in [0.25, 0.3) is 11.1 Å². The van der Waals surface area contributed by atoms with E-state index in [9.17, 15) is 18.4 Å². The standard InChI is InChI=1S/C27H28ClF2N3O3/c1-26(2,3)24-32-20-5-4-15(12-22(20)36-24)23(34)31-16-6-8-27(9-7-16)10-11-33(25(27)35)21-14-19(30)18(29)13-17(21)28/h4-5,12-14,16H,6-11H2,1-3H3,(H,31,34)/t16-,27-. The van der Waals surface area contributed by atoms with Gasteiger partial charge in [0.05, 0.1) is 16.1 Å². The minimum atomic E-state index is -1.04. The molecule has 0 atom stereocenters. The summed E-state index contributed by atoms with van der Waals surface area (Å²) in [6.07, 6.45) is 3.11. The van der Waals surface area contributed by atoms with Crippen molar-refractivity contribution in [3.05, 3.63) is 58.4 Å². The third-order valence-corrected chi connectivity index (χ3v) is 7.67. The molecule has 2 aromatic carbocycles. The summed E-state index contributed by atoms with van der Waals surface area (Å²) >= 11 is 6.11. The molecule has 36 heavy (non-hydrogen) atoms. The van der Waals surface area contributed by atoms with Crippen LogP contribution in [0.5, 0.6) is 0 Å². The number of halogens is 3. The first-order valence-electron chi connectivity index (χ1n) is 12.2. The van der Waals surface area contributed by atoms with Crippen molar-refractivity contribution in [3.63, 3.8) is 0 Å². The van der Waals surface area contributed by atoms with Crippen LogP contribution in [0.15, 0.2) is 34.7 Å². The molecule has 9 heteroatoms. The lowest BCUT2D eigenvalue weighted by Gasteiger charge is -2.36. The minimum absolute atomic E-state index is 0.0126. The quantitative estimate of drug-likeness (QED) is 0.424. The summed E-state index contributed by atoms with van der Waals surface area (Å²) in [7, 11) is 0. The molecule has 1 aliphatic heterocycles. The summed E-state index contributed by atoms with van der Waals surface area (Å²) in [5.41, 5.74) is 1.17. The van der Waals surface area contributed by atoms with Gasteiger partial charge in [-0.3, -0.25) is 9.59 Å². The summed E-state index contributed by atoms with van der Waals surface area (Å²) in [4.78, 5) is 32.2. The van der Waals surface area contributed by atoms with Crippen LogP contribution in [0.1, 0.15) is 69.1 Å². The molecule has 5 rings (SSSR count). The lowest BCUT2D eigenvalue weighted by atomic mass is 9.71. The Morgan fingerprint density at radius 3 is 2.53 bits per heavy atom. The molecule has 2 heterocycles. The maximum atomic E-state index is 13.8. The van der Waals surface area contributed by atoms with Gasteiger partial charge in [-0.1, -0.05) is 32.4 Å². The van der Waals surface area contributed by atoms with Gasteiger partial charge in [0.25, 0.3) is 5.91 Å². The van der Waals surface area contributed by atoms with Crippen molar-refractivity contribution >= 4 is 40.2 Å². The zero-order chi connectivity index (χ0) is 25.8. The Balaban J connectivity index is 1.24. The van der Waals surface area contributed by atoms with E-state index >= 15 is 0 Å². The van der Waals surface area contributed by atoms with Crippen LogP contribution in [0.3, 0.4) is 0 Å². The van der Waals surface area contributed by atoms with Crippen molar-refractivity contribution in [2.45, 2.75) is 64.3 Å². The highest BCUT2D eigenvalue weighted by Gasteiger charge is 2.49. The van der Waals surface area contributed by atoms with Crippen LogP contribution < -0.4 is 10.2 Å². The second kappa shape index (κ2) is 8.83. The second-order valence-electron chi connectivity index (χ2n) is 10.9. The lowest BCUT2D eigenvalue weighted by Crippen LogP contribution is -2.44. The average Bonchev–Trinajstić information content (AvgIpc) is 3.39. The number of hydrogen-bond acceptors (Lipinski definition) is 4. The van der Waals surface area contributed by atoms with Gasteiger partial charge in [0, 0.05) is 29.6 Å². The van der Waals surface area contributed by atoms with Gasteiger partial charge in [0.15, 0.2) is 17.2 Å². The fourth-order valence-corrected chi connectivity index (χ4v) is 5.46. The topological polar surface area (TPSA) is 75.4 Å². The van der Waals surface area contributed by atoms with Crippen LogP contribution in [0.2, 0.25) is 5.02 Å². The van der Waals surface area contributed by atoms with E-state index in [1.165, 1.54) is 4.90 Å². The first kappa shape index (κ1) is 24.7. The Hall–Kier alpha value is -3.00. The zero-order valence-corrected chi connectivity index (χ0v) is 21.2. The van der Waals surface area contributed by atoms with E-state index in [1.807, 2.05) is 20.8 Å². The van der Waals surface area contributed by atoms with Crippen LogP contribution in [0, 0.1) is 17.0 Å². The molecule has 0 unspecified atom stereocenters. The number of rotatable bonds is 3. The molecule has 6 nitrogen and oxygen atoms in total. The fourth-order valence-electron chi connectivity index (χ4n) is 5.20. The molecule has 0 radical (unpaired) electrons. The van der Waals surface area contributed by atoms with E-state index in [-0.39, 0.29) is 34.0 Å². The van der Waals surface area contributed by atoms with E-state index in [0.717, 1.165) is 12.1 Å². The minimum Gasteiger partial charge on any atom is -0.440 e. The molecule has 2 fully saturated rings. The SMILES string of the molecule is CC(C)(C)c1nc2ccc(C(=O)N[C@H]3CC[C@@]4(CCN(c5cc(F)c(F)cc5Cl)C4=O)CC3)cc2o1. The number of carbonyl (C=O) groups is 2.